The van der Waals surface area contributed by atoms with E-state index in [1.165, 1.54) is 5.56 Å². The highest BCUT2D eigenvalue weighted by atomic mass is 16.3. The molecule has 0 saturated carbocycles. The largest absolute Gasteiger partial charge is 0.450 e. The van der Waals surface area contributed by atoms with Gasteiger partial charge in [0, 0.05) is 38.1 Å². The Hall–Kier alpha value is -3.18. The summed E-state index contributed by atoms with van der Waals surface area (Å²) in [5.41, 5.74) is 3.80. The molecule has 3 heterocycles. The smallest absolute Gasteiger partial charge is 0.196 e. The van der Waals surface area contributed by atoms with Crippen molar-refractivity contribution in [1.29, 1.82) is 0 Å². The van der Waals surface area contributed by atoms with E-state index in [9.17, 15) is 0 Å². The normalized spacial score (nSPS) is 15.8. The van der Waals surface area contributed by atoms with Gasteiger partial charge in [0.25, 0.3) is 0 Å². The molecule has 140 valence electrons. The van der Waals surface area contributed by atoms with E-state index in [1.54, 1.807) is 6.33 Å². The number of aromatic nitrogens is 2. The average Bonchev–Trinajstić information content (AvgIpc) is 3.14. The van der Waals surface area contributed by atoms with Gasteiger partial charge >= 0.3 is 0 Å². The van der Waals surface area contributed by atoms with Gasteiger partial charge in [-0.1, -0.05) is 54.6 Å². The topological polar surface area (TPSA) is 45.4 Å². The van der Waals surface area contributed by atoms with Crippen LogP contribution in [0, 0.1) is 0 Å². The average molecular weight is 370 g/mol. The molecular weight excluding hydrogens is 348 g/mol. The number of anilines is 1. The van der Waals surface area contributed by atoms with Gasteiger partial charge < -0.3 is 9.32 Å². The van der Waals surface area contributed by atoms with E-state index in [4.69, 9.17) is 4.42 Å². The Morgan fingerprint density at radius 1 is 0.893 bits per heavy atom. The minimum atomic E-state index is 0.793. The Kier molecular flexibility index (Phi) is 4.51. The summed E-state index contributed by atoms with van der Waals surface area (Å²) in [6.45, 7) is 4.84. The molecule has 2 aromatic carbocycles. The molecule has 0 bridgehead atoms. The number of para-hydroxylation sites is 1. The first-order valence-electron chi connectivity index (χ1n) is 9.69. The van der Waals surface area contributed by atoms with Crippen LogP contribution in [0.3, 0.4) is 0 Å². The van der Waals surface area contributed by atoms with Crippen molar-refractivity contribution in [2.75, 3.05) is 37.6 Å². The molecule has 0 spiro atoms. The Morgan fingerprint density at radius 2 is 1.68 bits per heavy atom. The molecule has 5 nitrogen and oxygen atoms in total. The summed E-state index contributed by atoms with van der Waals surface area (Å²) in [5, 5.41) is 1.05. The van der Waals surface area contributed by atoms with Gasteiger partial charge in [0.2, 0.25) is 0 Å². The molecule has 1 aliphatic rings. The van der Waals surface area contributed by atoms with E-state index in [0.29, 0.717) is 0 Å². The zero-order chi connectivity index (χ0) is 18.8. The van der Waals surface area contributed by atoms with Crippen molar-refractivity contribution >= 4 is 34.0 Å². The minimum Gasteiger partial charge on any atom is -0.450 e. The summed E-state index contributed by atoms with van der Waals surface area (Å²) >= 11 is 0. The molecule has 4 aromatic rings. The highest BCUT2D eigenvalue weighted by Crippen LogP contribution is 2.32. The maximum absolute atomic E-state index is 6.09. The van der Waals surface area contributed by atoms with Crippen LogP contribution in [0.15, 0.2) is 71.4 Å². The minimum absolute atomic E-state index is 0.793. The molecule has 0 radical (unpaired) electrons. The second kappa shape index (κ2) is 7.44. The first-order chi connectivity index (χ1) is 13.9. The summed E-state index contributed by atoms with van der Waals surface area (Å²) in [6.07, 6.45) is 6.08. The lowest BCUT2D eigenvalue weighted by molar-refractivity contribution is 0.283. The van der Waals surface area contributed by atoms with Crippen LogP contribution in [-0.4, -0.2) is 47.6 Å². The molecule has 0 N–H and O–H groups in total. The Morgan fingerprint density at radius 3 is 2.54 bits per heavy atom. The predicted octanol–water partition coefficient (Wildman–Crippen LogP) is 4.21. The molecule has 0 atom stereocenters. The van der Waals surface area contributed by atoms with Crippen LogP contribution in [0.25, 0.3) is 28.1 Å². The third-order valence-electron chi connectivity index (χ3n) is 5.28. The van der Waals surface area contributed by atoms with Crippen LogP contribution < -0.4 is 4.90 Å². The van der Waals surface area contributed by atoms with Crippen molar-refractivity contribution in [2.24, 2.45) is 0 Å². The van der Waals surface area contributed by atoms with Crippen molar-refractivity contribution in [2.45, 2.75) is 0 Å². The molecule has 1 saturated heterocycles. The van der Waals surface area contributed by atoms with Crippen molar-refractivity contribution in [3.63, 3.8) is 0 Å². The van der Waals surface area contributed by atoms with Gasteiger partial charge in [-0.25, -0.2) is 9.97 Å². The Labute approximate surface area is 163 Å². The first kappa shape index (κ1) is 17.0. The van der Waals surface area contributed by atoms with E-state index in [1.807, 2.05) is 24.3 Å². The van der Waals surface area contributed by atoms with Crippen molar-refractivity contribution < 1.29 is 4.42 Å². The third-order valence-corrected chi connectivity index (χ3v) is 5.28. The SMILES string of the molecule is C(=Cc1ccccc1)CN1CCN(c2ncnc3c2oc2ccccc23)CC1. The van der Waals surface area contributed by atoms with Gasteiger partial charge in [0.1, 0.15) is 17.4 Å². The van der Waals surface area contributed by atoms with Crippen molar-refractivity contribution in [3.05, 3.63) is 72.6 Å². The molecule has 2 aromatic heterocycles. The molecule has 28 heavy (non-hydrogen) atoms. The predicted molar refractivity (Wildman–Crippen MR) is 113 cm³/mol. The van der Waals surface area contributed by atoms with Gasteiger partial charge in [-0.05, 0) is 17.7 Å². The second-order valence-electron chi connectivity index (χ2n) is 7.07. The number of hydrogen-bond acceptors (Lipinski definition) is 5. The molecule has 5 rings (SSSR count). The zero-order valence-corrected chi connectivity index (χ0v) is 15.7. The third kappa shape index (κ3) is 3.25. The number of benzene rings is 2. The van der Waals surface area contributed by atoms with E-state index >= 15 is 0 Å². The lowest BCUT2D eigenvalue weighted by Gasteiger charge is -2.34. The van der Waals surface area contributed by atoms with Gasteiger partial charge in [-0.2, -0.15) is 0 Å². The number of hydrogen-bond donors (Lipinski definition) is 0. The fraction of sp³-hybridized carbons (Fsp3) is 0.217. The van der Waals surface area contributed by atoms with Gasteiger partial charge in [-0.3, -0.25) is 4.90 Å². The molecule has 1 aliphatic heterocycles. The van der Waals surface area contributed by atoms with E-state index in [2.05, 4.69) is 62.3 Å². The summed E-state index contributed by atoms with van der Waals surface area (Å²) in [5.74, 6) is 0.903. The van der Waals surface area contributed by atoms with Crippen molar-refractivity contribution in [3.8, 4) is 0 Å². The fourth-order valence-corrected chi connectivity index (χ4v) is 3.78. The monoisotopic (exact) mass is 370 g/mol. The van der Waals surface area contributed by atoms with Crippen LogP contribution >= 0.6 is 0 Å². The lowest BCUT2D eigenvalue weighted by atomic mass is 10.2. The molecule has 5 heteroatoms. The van der Waals surface area contributed by atoms with E-state index in [0.717, 1.165) is 60.6 Å². The van der Waals surface area contributed by atoms with Gasteiger partial charge in [0.05, 0.1) is 0 Å². The van der Waals surface area contributed by atoms with E-state index in [-0.39, 0.29) is 0 Å². The molecule has 0 amide bonds. The summed E-state index contributed by atoms with van der Waals surface area (Å²) in [7, 11) is 0. The van der Waals surface area contributed by atoms with Gasteiger partial charge in [-0.15, -0.1) is 0 Å². The number of furan rings is 1. The summed E-state index contributed by atoms with van der Waals surface area (Å²) in [6, 6.07) is 18.5. The quantitative estimate of drug-likeness (QED) is 0.538. The van der Waals surface area contributed by atoms with Crippen LogP contribution in [-0.2, 0) is 0 Å². The maximum Gasteiger partial charge on any atom is 0.196 e. The number of rotatable bonds is 4. The maximum atomic E-state index is 6.09. The van der Waals surface area contributed by atoms with Crippen LogP contribution in [0.4, 0.5) is 5.82 Å². The highest BCUT2D eigenvalue weighted by Gasteiger charge is 2.22. The molecular formula is C23H22N4O. The first-order valence-corrected chi connectivity index (χ1v) is 9.69. The van der Waals surface area contributed by atoms with Crippen LogP contribution in [0.2, 0.25) is 0 Å². The van der Waals surface area contributed by atoms with E-state index < -0.39 is 0 Å². The highest BCUT2D eigenvalue weighted by molar-refractivity contribution is 6.05. The van der Waals surface area contributed by atoms with Crippen LogP contribution in [0.1, 0.15) is 5.56 Å². The summed E-state index contributed by atoms with van der Waals surface area (Å²) in [4.78, 5) is 13.8. The zero-order valence-electron chi connectivity index (χ0n) is 15.7. The van der Waals surface area contributed by atoms with Gasteiger partial charge in [0.15, 0.2) is 11.4 Å². The second-order valence-corrected chi connectivity index (χ2v) is 7.07. The Balaban J connectivity index is 1.29. The number of fused-ring (bicyclic) bond motifs is 3. The number of piperazine rings is 1. The molecule has 0 aliphatic carbocycles. The molecule has 0 unspecified atom stereocenters. The Bertz CT molecular complexity index is 1110. The fourth-order valence-electron chi connectivity index (χ4n) is 3.78. The molecule has 1 fully saturated rings. The standard InChI is InChI=1S/C23H22N4O/c1-2-7-18(8-3-1)9-6-12-26-13-15-27(16-14-26)23-22-21(24-17-25-23)19-10-4-5-11-20(19)28-22/h1-11,17H,12-16H2. The van der Waals surface area contributed by atoms with Crippen molar-refractivity contribution in [1.82, 2.24) is 14.9 Å². The summed E-state index contributed by atoms with van der Waals surface area (Å²) < 4.78 is 6.09. The number of nitrogens with zero attached hydrogens (tertiary/aromatic N) is 4. The van der Waals surface area contributed by atoms with Crippen LogP contribution in [0.5, 0.6) is 0 Å². The lowest BCUT2D eigenvalue weighted by Crippen LogP contribution is -2.46.